The number of rotatable bonds is 8. The number of para-hydroxylation sites is 3. The smallest absolute Gasteiger partial charge is 0.135 e. The van der Waals surface area contributed by atoms with Gasteiger partial charge in [-0.25, -0.2) is 0 Å². The molecule has 0 bridgehead atoms. The van der Waals surface area contributed by atoms with Crippen LogP contribution in [0.15, 0.2) is 271 Å². The quantitative estimate of drug-likeness (QED) is 0.151. The van der Waals surface area contributed by atoms with Crippen LogP contribution in [-0.2, 0) is 0 Å². The van der Waals surface area contributed by atoms with Crippen molar-refractivity contribution in [3.8, 4) is 50.2 Å². The number of anilines is 3. The van der Waals surface area contributed by atoms with E-state index >= 15 is 0 Å². The molecular formula is C68H44N2O. The Kier molecular flexibility index (Phi) is 9.53. The van der Waals surface area contributed by atoms with Gasteiger partial charge < -0.3 is 13.9 Å². The molecule has 0 spiro atoms. The molecule has 0 aliphatic heterocycles. The summed E-state index contributed by atoms with van der Waals surface area (Å²) in [6.07, 6.45) is 0. The number of benzene rings is 12. The van der Waals surface area contributed by atoms with Gasteiger partial charge in [-0.15, -0.1) is 0 Å². The zero-order valence-electron chi connectivity index (χ0n) is 38.7. The van der Waals surface area contributed by atoms with Crippen LogP contribution in [0.25, 0.3) is 115 Å². The molecule has 0 aliphatic carbocycles. The van der Waals surface area contributed by atoms with Gasteiger partial charge in [-0.2, -0.15) is 0 Å². The van der Waals surface area contributed by atoms with Crippen LogP contribution in [0.3, 0.4) is 0 Å². The van der Waals surface area contributed by atoms with Crippen molar-refractivity contribution in [3.05, 3.63) is 267 Å². The Hall–Kier alpha value is -9.44. The molecule has 0 amide bonds. The lowest BCUT2D eigenvalue weighted by atomic mass is 9.91. The summed E-state index contributed by atoms with van der Waals surface area (Å²) >= 11 is 0. The summed E-state index contributed by atoms with van der Waals surface area (Å²) in [5.41, 5.74) is 17.8. The SMILES string of the molecule is c1ccc(N(c2cccc(-c3cccc(-c4cc(-c5ccc6oc7ccccc7c6c5)cc(-c5ccc6c(c5)c5ccccc5n6-c5cccc6ccccc56)c4)c3)c2)c2ccc3ccccc3c2)cc1. The van der Waals surface area contributed by atoms with E-state index in [1.807, 2.05) is 12.1 Å². The molecule has 2 heterocycles. The first-order valence-corrected chi connectivity index (χ1v) is 24.3. The highest BCUT2D eigenvalue weighted by atomic mass is 16.3. The first-order valence-electron chi connectivity index (χ1n) is 24.3. The standard InChI is InChI=1S/C68H44N2O/c1-2-22-56(23-3-1)69(58-34-31-45-15-4-5-17-49(45)41-58)57-24-13-21-50(42-57)47-19-12-20-48(37-47)53-38-54(40-55(39-53)52-33-36-68-63(44-52)61-27-9-11-30-67(61)71-68)51-32-35-66-62(43-51)60-26-8-10-28-65(60)70(66)64-29-14-18-46-16-6-7-25-59(46)64/h1-44H. The number of furan rings is 1. The lowest BCUT2D eigenvalue weighted by molar-refractivity contribution is 0.669. The van der Waals surface area contributed by atoms with Gasteiger partial charge >= 0.3 is 0 Å². The van der Waals surface area contributed by atoms with Crippen molar-refractivity contribution < 1.29 is 4.42 Å². The fourth-order valence-electron chi connectivity index (χ4n) is 10.9. The topological polar surface area (TPSA) is 21.3 Å². The molecule has 3 nitrogen and oxygen atoms in total. The number of nitrogens with zero attached hydrogens (tertiary/aromatic N) is 2. The van der Waals surface area contributed by atoms with E-state index in [9.17, 15) is 0 Å². The van der Waals surface area contributed by atoms with Gasteiger partial charge in [0.1, 0.15) is 11.2 Å². The molecule has 0 unspecified atom stereocenters. The van der Waals surface area contributed by atoms with E-state index in [4.69, 9.17) is 4.42 Å². The highest BCUT2D eigenvalue weighted by Gasteiger charge is 2.18. The monoisotopic (exact) mass is 904 g/mol. The second-order valence-electron chi connectivity index (χ2n) is 18.5. The van der Waals surface area contributed by atoms with Crippen LogP contribution in [-0.4, -0.2) is 4.57 Å². The molecule has 3 heteroatoms. The minimum Gasteiger partial charge on any atom is -0.456 e. The maximum Gasteiger partial charge on any atom is 0.135 e. The Morgan fingerprint density at radius 1 is 0.254 bits per heavy atom. The normalized spacial score (nSPS) is 11.7. The minimum absolute atomic E-state index is 0.890. The van der Waals surface area contributed by atoms with E-state index in [1.54, 1.807) is 0 Å². The van der Waals surface area contributed by atoms with Crippen molar-refractivity contribution in [2.45, 2.75) is 0 Å². The fraction of sp³-hybridized carbons (Fsp3) is 0. The van der Waals surface area contributed by atoms with E-state index < -0.39 is 0 Å². The van der Waals surface area contributed by atoms with Gasteiger partial charge in [-0.3, -0.25) is 0 Å². The summed E-state index contributed by atoms with van der Waals surface area (Å²) in [4.78, 5) is 2.35. The Morgan fingerprint density at radius 3 is 1.59 bits per heavy atom. The molecular weight excluding hydrogens is 861 g/mol. The second-order valence-corrected chi connectivity index (χ2v) is 18.5. The third-order valence-electron chi connectivity index (χ3n) is 14.3. The van der Waals surface area contributed by atoms with Crippen molar-refractivity contribution in [1.29, 1.82) is 0 Å². The molecule has 14 rings (SSSR count). The summed E-state index contributed by atoms with van der Waals surface area (Å²) in [6, 6.07) is 97.0. The predicted octanol–water partition coefficient (Wildman–Crippen LogP) is 19.1. The van der Waals surface area contributed by atoms with Gasteiger partial charge in [0.2, 0.25) is 0 Å². The summed E-state index contributed by atoms with van der Waals surface area (Å²) in [5.74, 6) is 0. The van der Waals surface area contributed by atoms with Crippen LogP contribution in [0.1, 0.15) is 0 Å². The minimum atomic E-state index is 0.890. The number of hydrogen-bond donors (Lipinski definition) is 0. The Bertz CT molecular complexity index is 4360. The summed E-state index contributed by atoms with van der Waals surface area (Å²) < 4.78 is 8.74. The molecule has 0 saturated heterocycles. The van der Waals surface area contributed by atoms with E-state index in [0.29, 0.717) is 0 Å². The van der Waals surface area contributed by atoms with E-state index in [0.717, 1.165) is 83.5 Å². The third-order valence-corrected chi connectivity index (χ3v) is 14.3. The van der Waals surface area contributed by atoms with E-state index in [-0.39, 0.29) is 0 Å². The molecule has 0 atom stereocenters. The largest absolute Gasteiger partial charge is 0.456 e. The molecule has 0 aliphatic rings. The van der Waals surface area contributed by atoms with Crippen molar-refractivity contribution in [2.24, 2.45) is 0 Å². The van der Waals surface area contributed by atoms with E-state index in [2.05, 4.69) is 264 Å². The lowest BCUT2D eigenvalue weighted by Gasteiger charge is -2.26. The molecule has 0 saturated carbocycles. The van der Waals surface area contributed by atoms with Crippen LogP contribution >= 0.6 is 0 Å². The Balaban J connectivity index is 0.918. The number of aromatic nitrogens is 1. The highest BCUT2D eigenvalue weighted by Crippen LogP contribution is 2.42. The zero-order chi connectivity index (χ0) is 46.8. The zero-order valence-corrected chi connectivity index (χ0v) is 38.7. The second kappa shape index (κ2) is 16.7. The molecule has 332 valence electrons. The van der Waals surface area contributed by atoms with Crippen molar-refractivity contribution in [1.82, 2.24) is 4.57 Å². The van der Waals surface area contributed by atoms with Crippen molar-refractivity contribution >= 4 is 82.4 Å². The van der Waals surface area contributed by atoms with Gasteiger partial charge in [0.15, 0.2) is 0 Å². The van der Waals surface area contributed by atoms with Crippen molar-refractivity contribution in [2.75, 3.05) is 4.90 Å². The summed E-state index contributed by atoms with van der Waals surface area (Å²) in [5, 5.41) is 9.58. The van der Waals surface area contributed by atoms with Crippen molar-refractivity contribution in [3.63, 3.8) is 0 Å². The Labute approximate surface area is 411 Å². The average Bonchev–Trinajstić information content (AvgIpc) is 3.98. The first-order chi connectivity index (χ1) is 35.2. The predicted molar refractivity (Wildman–Crippen MR) is 299 cm³/mol. The first kappa shape index (κ1) is 40.6. The lowest BCUT2D eigenvalue weighted by Crippen LogP contribution is -2.09. The van der Waals surface area contributed by atoms with Gasteiger partial charge in [0, 0.05) is 44.0 Å². The summed E-state index contributed by atoms with van der Waals surface area (Å²) in [6.45, 7) is 0. The molecule has 14 aromatic rings. The third kappa shape index (κ3) is 7.06. The maximum absolute atomic E-state index is 6.30. The number of fused-ring (bicyclic) bond motifs is 8. The van der Waals surface area contributed by atoms with Gasteiger partial charge in [-0.05, 0) is 164 Å². The summed E-state index contributed by atoms with van der Waals surface area (Å²) in [7, 11) is 0. The molecule has 0 radical (unpaired) electrons. The van der Waals surface area contributed by atoms with Crippen LogP contribution in [0, 0.1) is 0 Å². The molecule has 0 N–H and O–H groups in total. The number of hydrogen-bond acceptors (Lipinski definition) is 2. The van der Waals surface area contributed by atoms with Crippen LogP contribution < -0.4 is 4.90 Å². The Morgan fingerprint density at radius 2 is 0.775 bits per heavy atom. The van der Waals surface area contributed by atoms with Crippen LogP contribution in [0.2, 0.25) is 0 Å². The highest BCUT2D eigenvalue weighted by molar-refractivity contribution is 6.12. The van der Waals surface area contributed by atoms with Crippen LogP contribution in [0.5, 0.6) is 0 Å². The van der Waals surface area contributed by atoms with E-state index in [1.165, 1.54) is 49.0 Å². The van der Waals surface area contributed by atoms with Gasteiger partial charge in [0.25, 0.3) is 0 Å². The molecule has 71 heavy (non-hydrogen) atoms. The molecule has 12 aromatic carbocycles. The van der Waals surface area contributed by atoms with Gasteiger partial charge in [-0.1, -0.05) is 164 Å². The van der Waals surface area contributed by atoms with Gasteiger partial charge in [0.05, 0.1) is 16.7 Å². The fourth-order valence-corrected chi connectivity index (χ4v) is 10.9. The van der Waals surface area contributed by atoms with Crippen LogP contribution in [0.4, 0.5) is 17.1 Å². The maximum atomic E-state index is 6.30. The molecule has 0 fully saturated rings. The average molecular weight is 905 g/mol. The molecule has 2 aromatic heterocycles.